The molecule has 0 radical (unpaired) electrons. The standard InChI is InChI=1S/C24H30.C2H4/c1-8-11-13-24(18(4)5)20(7)19(6)22-14-16-23(17-15-22)21(10-3)12-9-2;1-2/h8-17,20H,1,6H2,2-5,7H3;1-2H2/b12-9-,13-11-,21-10+;. The lowest BCUT2D eigenvalue weighted by Crippen LogP contribution is -2.02. The van der Waals surface area contributed by atoms with Crippen molar-refractivity contribution >= 4 is 11.1 Å². The third-order valence-electron chi connectivity index (χ3n) is 4.22. The van der Waals surface area contributed by atoms with E-state index in [0.29, 0.717) is 0 Å². The van der Waals surface area contributed by atoms with Crippen LogP contribution in [0.5, 0.6) is 0 Å². The molecule has 1 aromatic carbocycles. The molecule has 0 aliphatic heterocycles. The molecule has 0 bridgehead atoms. The molecule has 0 nitrogen and oxygen atoms in total. The van der Waals surface area contributed by atoms with Gasteiger partial charge in [0.15, 0.2) is 0 Å². The molecule has 1 aromatic rings. The van der Waals surface area contributed by atoms with Gasteiger partial charge in [0.05, 0.1) is 0 Å². The summed E-state index contributed by atoms with van der Waals surface area (Å²) in [4.78, 5) is 0. The first-order valence-corrected chi connectivity index (χ1v) is 9.01. The number of rotatable bonds is 7. The summed E-state index contributed by atoms with van der Waals surface area (Å²) >= 11 is 0. The molecule has 138 valence electrons. The zero-order valence-corrected chi connectivity index (χ0v) is 17.2. The normalized spacial score (nSPS) is 12.4. The Hall–Kier alpha value is -2.60. The number of benzene rings is 1. The van der Waals surface area contributed by atoms with E-state index in [1.54, 1.807) is 0 Å². The highest BCUT2D eigenvalue weighted by molar-refractivity contribution is 5.76. The lowest BCUT2D eigenvalue weighted by atomic mass is 9.86. The van der Waals surface area contributed by atoms with Crippen molar-refractivity contribution in [1.82, 2.24) is 0 Å². The van der Waals surface area contributed by atoms with Gasteiger partial charge in [0.25, 0.3) is 0 Å². The maximum Gasteiger partial charge on any atom is 0.00604 e. The quantitative estimate of drug-likeness (QED) is 0.345. The molecule has 1 rings (SSSR count). The van der Waals surface area contributed by atoms with E-state index in [1.165, 1.54) is 27.8 Å². The van der Waals surface area contributed by atoms with E-state index < -0.39 is 0 Å². The molecular formula is C26H34. The second-order valence-corrected chi connectivity index (χ2v) is 6.12. The Morgan fingerprint density at radius 3 is 1.92 bits per heavy atom. The highest BCUT2D eigenvalue weighted by atomic mass is 14.2. The summed E-state index contributed by atoms with van der Waals surface area (Å²) in [7, 11) is 0. The molecule has 0 heteroatoms. The van der Waals surface area contributed by atoms with Gasteiger partial charge in [-0.3, -0.25) is 0 Å². The third kappa shape index (κ3) is 6.72. The van der Waals surface area contributed by atoms with Crippen LogP contribution in [0.4, 0.5) is 0 Å². The second kappa shape index (κ2) is 12.7. The minimum atomic E-state index is 0.272. The minimum Gasteiger partial charge on any atom is -0.106 e. The predicted molar refractivity (Wildman–Crippen MR) is 122 cm³/mol. The molecule has 0 spiro atoms. The third-order valence-corrected chi connectivity index (χ3v) is 4.22. The second-order valence-electron chi connectivity index (χ2n) is 6.12. The van der Waals surface area contributed by atoms with Crippen LogP contribution in [0.2, 0.25) is 0 Å². The monoisotopic (exact) mass is 346 g/mol. The summed E-state index contributed by atoms with van der Waals surface area (Å²) < 4.78 is 0. The van der Waals surface area contributed by atoms with Crippen LogP contribution in [0.15, 0.2) is 98.2 Å². The van der Waals surface area contributed by atoms with E-state index in [1.807, 2.05) is 19.1 Å². The fraction of sp³-hybridized carbons (Fsp3) is 0.231. The van der Waals surface area contributed by atoms with E-state index in [9.17, 15) is 0 Å². The summed E-state index contributed by atoms with van der Waals surface area (Å²) in [6, 6.07) is 8.68. The maximum absolute atomic E-state index is 4.34. The minimum absolute atomic E-state index is 0.272. The smallest absolute Gasteiger partial charge is 0.00604 e. The summed E-state index contributed by atoms with van der Waals surface area (Å²) in [5, 5.41) is 0. The van der Waals surface area contributed by atoms with Crippen molar-refractivity contribution in [2.24, 2.45) is 5.92 Å². The fourth-order valence-electron chi connectivity index (χ4n) is 2.77. The van der Waals surface area contributed by atoms with Crippen molar-refractivity contribution in [1.29, 1.82) is 0 Å². The average Bonchev–Trinajstić information content (AvgIpc) is 2.67. The molecule has 0 saturated heterocycles. The Balaban J connectivity index is 0.00000301. The fourth-order valence-corrected chi connectivity index (χ4v) is 2.77. The summed E-state index contributed by atoms with van der Waals surface area (Å²) in [6.45, 7) is 24.7. The maximum atomic E-state index is 4.34. The van der Waals surface area contributed by atoms with Gasteiger partial charge in [0.1, 0.15) is 0 Å². The Morgan fingerprint density at radius 2 is 1.50 bits per heavy atom. The summed E-state index contributed by atoms with van der Waals surface area (Å²) in [5.74, 6) is 0.272. The largest absolute Gasteiger partial charge is 0.106 e. The molecule has 0 heterocycles. The van der Waals surface area contributed by atoms with Gasteiger partial charge in [-0.15, -0.1) is 13.2 Å². The van der Waals surface area contributed by atoms with Crippen molar-refractivity contribution in [2.45, 2.75) is 34.6 Å². The van der Waals surface area contributed by atoms with Crippen molar-refractivity contribution in [3.05, 3.63) is 109 Å². The van der Waals surface area contributed by atoms with Crippen molar-refractivity contribution in [3.8, 4) is 0 Å². The van der Waals surface area contributed by atoms with Gasteiger partial charge < -0.3 is 0 Å². The van der Waals surface area contributed by atoms with Crippen molar-refractivity contribution in [3.63, 3.8) is 0 Å². The van der Waals surface area contributed by atoms with Crippen LogP contribution < -0.4 is 0 Å². The van der Waals surface area contributed by atoms with Crippen molar-refractivity contribution < 1.29 is 0 Å². The first-order chi connectivity index (χ1) is 12.5. The molecule has 0 aliphatic rings. The SMILES string of the molecule is C=C.C=C/C=C\C(=C(C)C)C(C)C(=C)c1ccc(C(/C=C\C)=C/C)cc1. The van der Waals surface area contributed by atoms with Crippen LogP contribution >= 0.6 is 0 Å². The van der Waals surface area contributed by atoms with E-state index in [2.05, 4.69) is 103 Å². The van der Waals surface area contributed by atoms with E-state index >= 15 is 0 Å². The Labute approximate surface area is 161 Å². The Bertz CT molecular complexity index is 699. The first kappa shape index (κ1) is 23.4. The van der Waals surface area contributed by atoms with Gasteiger partial charge in [-0.1, -0.05) is 86.4 Å². The number of hydrogen-bond donors (Lipinski definition) is 0. The van der Waals surface area contributed by atoms with Crippen LogP contribution in [0, 0.1) is 5.92 Å². The number of allylic oxidation sites excluding steroid dienone is 10. The highest BCUT2D eigenvalue weighted by Gasteiger charge is 2.13. The first-order valence-electron chi connectivity index (χ1n) is 9.01. The van der Waals surface area contributed by atoms with Crippen LogP contribution in [0.3, 0.4) is 0 Å². The Morgan fingerprint density at radius 1 is 0.962 bits per heavy atom. The molecule has 26 heavy (non-hydrogen) atoms. The molecule has 1 atom stereocenters. The van der Waals surface area contributed by atoms with Crippen LogP contribution in [0.1, 0.15) is 45.7 Å². The molecule has 0 saturated carbocycles. The topological polar surface area (TPSA) is 0 Å². The van der Waals surface area contributed by atoms with Crippen molar-refractivity contribution in [2.75, 3.05) is 0 Å². The van der Waals surface area contributed by atoms with Gasteiger partial charge in [-0.25, -0.2) is 0 Å². The highest BCUT2D eigenvalue weighted by Crippen LogP contribution is 2.31. The van der Waals surface area contributed by atoms with Gasteiger partial charge in [-0.2, -0.15) is 0 Å². The van der Waals surface area contributed by atoms with Crippen LogP contribution in [-0.2, 0) is 0 Å². The van der Waals surface area contributed by atoms with E-state index in [-0.39, 0.29) is 5.92 Å². The average molecular weight is 347 g/mol. The van der Waals surface area contributed by atoms with Gasteiger partial charge in [0, 0.05) is 5.92 Å². The van der Waals surface area contributed by atoms with Crippen LogP contribution in [0.25, 0.3) is 11.1 Å². The van der Waals surface area contributed by atoms with Crippen LogP contribution in [-0.4, -0.2) is 0 Å². The molecule has 0 fully saturated rings. The summed E-state index contributed by atoms with van der Waals surface area (Å²) in [6.07, 6.45) is 12.3. The van der Waals surface area contributed by atoms with Gasteiger partial charge >= 0.3 is 0 Å². The molecule has 0 N–H and O–H groups in total. The molecule has 0 amide bonds. The summed E-state index contributed by atoms with van der Waals surface area (Å²) in [5.41, 5.74) is 7.40. The zero-order chi connectivity index (χ0) is 20.1. The van der Waals surface area contributed by atoms with E-state index in [0.717, 1.165) is 5.57 Å². The predicted octanol–water partition coefficient (Wildman–Crippen LogP) is 8.20. The number of hydrogen-bond acceptors (Lipinski definition) is 0. The molecular weight excluding hydrogens is 312 g/mol. The van der Waals surface area contributed by atoms with Gasteiger partial charge in [0.2, 0.25) is 0 Å². The zero-order valence-electron chi connectivity index (χ0n) is 17.2. The van der Waals surface area contributed by atoms with E-state index in [4.69, 9.17) is 0 Å². The molecule has 0 aliphatic carbocycles. The molecule has 1 unspecified atom stereocenters. The Kier molecular flexibility index (Phi) is 11.4. The lowest BCUT2D eigenvalue weighted by molar-refractivity contribution is 0.897. The molecule has 0 aromatic heterocycles. The lowest BCUT2D eigenvalue weighted by Gasteiger charge is -2.19. The van der Waals surface area contributed by atoms with Gasteiger partial charge in [-0.05, 0) is 55.5 Å².